The van der Waals surface area contributed by atoms with Crippen LogP contribution < -0.4 is 10.5 Å². The summed E-state index contributed by atoms with van der Waals surface area (Å²) in [6.07, 6.45) is 0. The van der Waals surface area contributed by atoms with Crippen LogP contribution in [0.15, 0.2) is 54.6 Å². The molecule has 2 aliphatic rings. The third-order valence-corrected chi connectivity index (χ3v) is 9.23. The van der Waals surface area contributed by atoms with Crippen molar-refractivity contribution in [2.45, 2.75) is 33.2 Å². The van der Waals surface area contributed by atoms with Crippen LogP contribution >= 0.6 is 0 Å². The predicted octanol–water partition coefficient (Wildman–Crippen LogP) is 3.26. The zero-order valence-corrected chi connectivity index (χ0v) is 30.3. The van der Waals surface area contributed by atoms with Gasteiger partial charge in [0.15, 0.2) is 0 Å². The molecule has 1 fully saturated rings. The number of ether oxygens (including phenoxy) is 6. The molecule has 1 saturated heterocycles. The molecule has 0 spiro atoms. The Balaban J connectivity index is 0.983. The number of piperazine rings is 1. The smallest absolute Gasteiger partial charge is 0.262 e. The largest absolute Gasteiger partial charge is 0.507 e. The Morgan fingerprint density at radius 1 is 0.692 bits per heavy atom. The van der Waals surface area contributed by atoms with Gasteiger partial charge in [0.05, 0.1) is 66.2 Å². The number of carbonyl (C=O) groups is 1. The summed E-state index contributed by atoms with van der Waals surface area (Å²) in [7, 11) is 0. The first kappa shape index (κ1) is 39.4. The molecule has 5 rings (SSSR count). The number of nitrogens with zero attached hydrogens (tertiary/aromatic N) is 3. The quantitative estimate of drug-likeness (QED) is 0.103. The third kappa shape index (κ3) is 11.9. The van der Waals surface area contributed by atoms with E-state index in [1.165, 1.54) is 11.6 Å². The van der Waals surface area contributed by atoms with Gasteiger partial charge in [0, 0.05) is 64.0 Å². The van der Waals surface area contributed by atoms with E-state index in [1.54, 1.807) is 11.8 Å². The van der Waals surface area contributed by atoms with Gasteiger partial charge in [0.1, 0.15) is 29.4 Å². The molecule has 0 saturated carbocycles. The van der Waals surface area contributed by atoms with Crippen LogP contribution in [-0.4, -0.2) is 130 Å². The average molecular weight is 723 g/mol. The summed E-state index contributed by atoms with van der Waals surface area (Å²) in [5, 5.41) is 21.2. The average Bonchev–Trinajstić information content (AvgIpc) is 3.59. The summed E-state index contributed by atoms with van der Waals surface area (Å²) in [4.78, 5) is 20.5. The maximum atomic E-state index is 13.9. The highest BCUT2D eigenvalue weighted by Crippen LogP contribution is 2.40. The van der Waals surface area contributed by atoms with E-state index < -0.39 is 0 Å². The molecule has 0 radical (unpaired) electrons. The number of fused-ring (bicyclic) bond motifs is 1. The van der Waals surface area contributed by atoms with E-state index in [4.69, 9.17) is 34.2 Å². The minimum absolute atomic E-state index is 0.0704. The number of hydrogen-bond acceptors (Lipinski definition) is 12. The van der Waals surface area contributed by atoms with Gasteiger partial charge in [-0.15, -0.1) is 0 Å². The second kappa shape index (κ2) is 21.0. The van der Waals surface area contributed by atoms with Crippen LogP contribution in [0, 0.1) is 6.92 Å². The monoisotopic (exact) mass is 722 g/mol. The van der Waals surface area contributed by atoms with Gasteiger partial charge < -0.3 is 49.3 Å². The summed E-state index contributed by atoms with van der Waals surface area (Å²) >= 11 is 0. The second-order valence-corrected chi connectivity index (χ2v) is 12.9. The molecular weight excluding hydrogens is 668 g/mol. The summed E-state index contributed by atoms with van der Waals surface area (Å²) in [5.41, 5.74) is 10.1. The lowest BCUT2D eigenvalue weighted by Crippen LogP contribution is -2.46. The summed E-state index contributed by atoms with van der Waals surface area (Å²) < 4.78 is 33.2. The van der Waals surface area contributed by atoms with Crippen molar-refractivity contribution >= 4 is 5.91 Å². The topological polar surface area (TPSA) is 149 Å². The summed E-state index contributed by atoms with van der Waals surface area (Å²) in [6.45, 7) is 13.5. The number of carbonyl (C=O) groups excluding carboxylic acids is 1. The Kier molecular flexibility index (Phi) is 16.0. The van der Waals surface area contributed by atoms with Gasteiger partial charge in [0.25, 0.3) is 5.91 Å². The van der Waals surface area contributed by atoms with Gasteiger partial charge in [-0.2, -0.15) is 0 Å². The molecule has 13 heteroatoms. The van der Waals surface area contributed by atoms with E-state index in [9.17, 15) is 15.0 Å². The van der Waals surface area contributed by atoms with Gasteiger partial charge in [-0.3, -0.25) is 14.6 Å². The maximum Gasteiger partial charge on any atom is 0.262 e. The molecule has 13 nitrogen and oxygen atoms in total. The van der Waals surface area contributed by atoms with Gasteiger partial charge in [-0.25, -0.2) is 0 Å². The molecule has 2 heterocycles. The van der Waals surface area contributed by atoms with Crippen LogP contribution in [0.2, 0.25) is 0 Å². The molecule has 4 N–H and O–H groups in total. The fraction of sp³-hybridized carbons (Fsp3) is 0.513. The van der Waals surface area contributed by atoms with Crippen molar-refractivity contribution < 1.29 is 43.4 Å². The fourth-order valence-electron chi connectivity index (χ4n) is 6.28. The lowest BCUT2D eigenvalue weighted by atomic mass is 10.1. The van der Waals surface area contributed by atoms with E-state index in [2.05, 4.69) is 28.0 Å². The first-order chi connectivity index (χ1) is 25.4. The van der Waals surface area contributed by atoms with Crippen molar-refractivity contribution in [3.63, 3.8) is 0 Å². The molecule has 0 atom stereocenters. The van der Waals surface area contributed by atoms with Crippen LogP contribution in [0.1, 0.15) is 38.2 Å². The number of aromatic hydroxyl groups is 2. The molecule has 52 heavy (non-hydrogen) atoms. The zero-order chi connectivity index (χ0) is 36.5. The van der Waals surface area contributed by atoms with E-state index in [0.29, 0.717) is 78.1 Å². The molecule has 3 aromatic rings. The van der Waals surface area contributed by atoms with Crippen LogP contribution in [0.5, 0.6) is 17.2 Å². The fourth-order valence-corrected chi connectivity index (χ4v) is 6.28. The highest BCUT2D eigenvalue weighted by Gasteiger charge is 2.31. The first-order valence-corrected chi connectivity index (χ1v) is 18.1. The number of benzene rings is 3. The molecular formula is C39H54N4O9. The molecule has 3 aromatic carbocycles. The van der Waals surface area contributed by atoms with Gasteiger partial charge in [-0.05, 0) is 29.2 Å². The lowest BCUT2D eigenvalue weighted by molar-refractivity contribution is -0.0126. The predicted molar refractivity (Wildman–Crippen MR) is 195 cm³/mol. The number of rotatable bonds is 22. The third-order valence-electron chi connectivity index (χ3n) is 9.23. The first-order valence-electron chi connectivity index (χ1n) is 18.1. The molecule has 0 bridgehead atoms. The zero-order valence-electron chi connectivity index (χ0n) is 30.3. The van der Waals surface area contributed by atoms with Crippen molar-refractivity contribution in [3.8, 4) is 17.2 Å². The number of phenolic OH excluding ortho intramolecular Hbond substituents is 2. The molecule has 0 aromatic heterocycles. The summed E-state index contributed by atoms with van der Waals surface area (Å²) in [5.74, 6) is -0.550. The van der Waals surface area contributed by atoms with Crippen molar-refractivity contribution in [1.82, 2.24) is 14.7 Å². The van der Waals surface area contributed by atoms with E-state index in [-0.39, 0.29) is 42.1 Å². The number of hydrogen-bond donors (Lipinski definition) is 3. The van der Waals surface area contributed by atoms with Gasteiger partial charge in [-0.1, -0.05) is 48.5 Å². The Labute approximate surface area is 306 Å². The van der Waals surface area contributed by atoms with Gasteiger partial charge in [0.2, 0.25) is 0 Å². The van der Waals surface area contributed by atoms with Crippen molar-refractivity contribution in [3.05, 3.63) is 88.0 Å². The van der Waals surface area contributed by atoms with E-state index in [0.717, 1.165) is 56.0 Å². The normalized spacial score (nSPS) is 14.9. The Hall–Kier alpha value is -3.79. The van der Waals surface area contributed by atoms with Crippen molar-refractivity contribution in [2.24, 2.45) is 5.73 Å². The molecule has 1 amide bonds. The van der Waals surface area contributed by atoms with Crippen molar-refractivity contribution in [2.75, 3.05) is 98.9 Å². The molecule has 0 unspecified atom stereocenters. The highest BCUT2D eigenvalue weighted by atomic mass is 16.6. The number of nitrogens with two attached hydrogens (primary N) is 1. The Bertz CT molecular complexity index is 1540. The lowest BCUT2D eigenvalue weighted by Gasteiger charge is -2.34. The van der Waals surface area contributed by atoms with Crippen molar-refractivity contribution in [1.29, 1.82) is 0 Å². The van der Waals surface area contributed by atoms with E-state index in [1.807, 2.05) is 30.3 Å². The van der Waals surface area contributed by atoms with E-state index >= 15 is 0 Å². The number of phenols is 2. The second-order valence-electron chi connectivity index (χ2n) is 12.9. The van der Waals surface area contributed by atoms with Crippen LogP contribution in [0.25, 0.3) is 0 Å². The molecule has 284 valence electrons. The maximum absolute atomic E-state index is 13.9. The van der Waals surface area contributed by atoms with Crippen LogP contribution in [0.3, 0.4) is 0 Å². The highest BCUT2D eigenvalue weighted by molar-refractivity contribution is 6.00. The van der Waals surface area contributed by atoms with Crippen LogP contribution in [-0.2, 0) is 49.9 Å². The number of amides is 1. The SMILES string of the molecule is Cc1c(O)cc(O)c(C(=O)N2Cc3ccc(CN4CCN(CCOCCOCCOCCOCCOCN)CC4)cc3C2)c1OCc1ccccc1. The minimum Gasteiger partial charge on any atom is -0.507 e. The van der Waals surface area contributed by atoms with Crippen LogP contribution in [0.4, 0.5) is 0 Å². The molecule has 2 aliphatic heterocycles. The minimum atomic E-state index is -0.331. The van der Waals surface area contributed by atoms with Gasteiger partial charge >= 0.3 is 0 Å². The Morgan fingerprint density at radius 2 is 1.29 bits per heavy atom. The Morgan fingerprint density at radius 3 is 1.94 bits per heavy atom. The molecule has 0 aliphatic carbocycles. The summed E-state index contributed by atoms with van der Waals surface area (Å²) in [6, 6.07) is 17.2. The standard InChI is InChI=1S/C39H54N4O9/c1-30-35(44)24-36(45)37(38(30)52-28-31-5-3-2-4-6-31)39(46)43-26-33-8-7-32(23-34(33)27-43)25-42-11-9-41(10-12-42)13-14-47-15-16-48-17-18-49-19-20-50-21-22-51-29-40/h2-8,23-24,44-45H,9-22,25-29,40H2,1H3.